The summed E-state index contributed by atoms with van der Waals surface area (Å²) in [5.74, 6) is -4.29. The largest absolute Gasteiger partial charge is 0.385 e. The summed E-state index contributed by atoms with van der Waals surface area (Å²) < 4.78 is 49.3. The topological polar surface area (TPSA) is 38.7 Å². The molecule has 94 valence electrons. The lowest BCUT2D eigenvalue weighted by molar-refractivity contribution is -0.134. The SMILES string of the molecule is OC(c1ccc(F)c(F)c1F)C1COCCO1. The molecule has 17 heavy (non-hydrogen) atoms. The van der Waals surface area contributed by atoms with Crippen molar-refractivity contribution in [2.24, 2.45) is 0 Å². The first-order valence-electron chi connectivity index (χ1n) is 5.12. The summed E-state index contributed by atoms with van der Waals surface area (Å²) in [6, 6.07) is 1.76. The molecule has 0 amide bonds. The summed E-state index contributed by atoms with van der Waals surface area (Å²) in [7, 11) is 0. The van der Waals surface area contributed by atoms with Crippen LogP contribution in [0.25, 0.3) is 0 Å². The third-order valence-corrected chi connectivity index (χ3v) is 2.58. The molecule has 2 atom stereocenters. The molecule has 0 aromatic heterocycles. The predicted molar refractivity (Wildman–Crippen MR) is 51.8 cm³/mol. The number of aliphatic hydroxyl groups is 1. The fraction of sp³-hybridized carbons (Fsp3) is 0.455. The fourth-order valence-corrected chi connectivity index (χ4v) is 1.66. The van der Waals surface area contributed by atoms with Crippen LogP contribution < -0.4 is 0 Å². The lowest BCUT2D eigenvalue weighted by Crippen LogP contribution is -2.34. The van der Waals surface area contributed by atoms with Crippen LogP contribution in [-0.4, -0.2) is 31.0 Å². The minimum absolute atomic E-state index is 0.0829. The Morgan fingerprint density at radius 1 is 1.18 bits per heavy atom. The molecule has 1 aliphatic rings. The van der Waals surface area contributed by atoms with Gasteiger partial charge >= 0.3 is 0 Å². The number of benzene rings is 1. The number of hydrogen-bond donors (Lipinski definition) is 1. The van der Waals surface area contributed by atoms with Gasteiger partial charge in [0.05, 0.1) is 19.8 Å². The zero-order valence-corrected chi connectivity index (χ0v) is 8.83. The summed E-state index contributed by atoms with van der Waals surface area (Å²) >= 11 is 0. The van der Waals surface area contributed by atoms with E-state index in [0.29, 0.717) is 6.61 Å². The van der Waals surface area contributed by atoms with Crippen molar-refractivity contribution in [2.45, 2.75) is 12.2 Å². The Kier molecular flexibility index (Phi) is 3.66. The summed E-state index contributed by atoms with van der Waals surface area (Å²) in [4.78, 5) is 0. The van der Waals surface area contributed by atoms with E-state index in [1.807, 2.05) is 0 Å². The second-order valence-electron chi connectivity index (χ2n) is 3.69. The van der Waals surface area contributed by atoms with Crippen LogP contribution in [0.3, 0.4) is 0 Å². The van der Waals surface area contributed by atoms with Gasteiger partial charge in [-0.1, -0.05) is 6.07 Å². The lowest BCUT2D eigenvalue weighted by Gasteiger charge is -2.27. The van der Waals surface area contributed by atoms with Crippen LogP contribution in [0.4, 0.5) is 13.2 Å². The Morgan fingerprint density at radius 3 is 2.59 bits per heavy atom. The molecule has 1 aliphatic heterocycles. The van der Waals surface area contributed by atoms with Crippen LogP contribution in [-0.2, 0) is 9.47 Å². The molecule has 1 saturated heterocycles. The number of halogens is 3. The highest BCUT2D eigenvalue weighted by Gasteiger charge is 2.28. The predicted octanol–water partition coefficient (Wildman–Crippen LogP) is 1.55. The van der Waals surface area contributed by atoms with E-state index in [-0.39, 0.29) is 18.8 Å². The highest BCUT2D eigenvalue weighted by Crippen LogP contribution is 2.26. The molecule has 0 aliphatic carbocycles. The summed E-state index contributed by atoms with van der Waals surface area (Å²) in [5, 5.41) is 9.81. The molecule has 0 spiro atoms. The molecule has 6 heteroatoms. The molecular weight excluding hydrogens is 237 g/mol. The molecule has 1 heterocycles. The molecule has 1 aromatic rings. The minimum Gasteiger partial charge on any atom is -0.385 e. The number of rotatable bonds is 2. The fourth-order valence-electron chi connectivity index (χ4n) is 1.66. The van der Waals surface area contributed by atoms with E-state index in [4.69, 9.17) is 9.47 Å². The maximum Gasteiger partial charge on any atom is 0.194 e. The van der Waals surface area contributed by atoms with E-state index in [0.717, 1.165) is 12.1 Å². The molecule has 1 aromatic carbocycles. The smallest absolute Gasteiger partial charge is 0.194 e. The van der Waals surface area contributed by atoms with Crippen LogP contribution >= 0.6 is 0 Å². The molecule has 2 rings (SSSR count). The first-order chi connectivity index (χ1) is 8.11. The van der Waals surface area contributed by atoms with Gasteiger partial charge in [-0.2, -0.15) is 0 Å². The molecular formula is C11H11F3O3. The first kappa shape index (κ1) is 12.3. The van der Waals surface area contributed by atoms with Gasteiger partial charge in [0.25, 0.3) is 0 Å². The molecule has 0 radical (unpaired) electrons. The normalized spacial score (nSPS) is 22.5. The minimum atomic E-state index is -1.60. The average Bonchev–Trinajstić information content (AvgIpc) is 2.36. The van der Waals surface area contributed by atoms with Crippen molar-refractivity contribution in [3.8, 4) is 0 Å². The molecule has 0 bridgehead atoms. The Labute approximate surface area is 95.8 Å². The Hall–Kier alpha value is -1.11. The van der Waals surface area contributed by atoms with Crippen molar-refractivity contribution in [3.63, 3.8) is 0 Å². The van der Waals surface area contributed by atoms with Gasteiger partial charge in [0.1, 0.15) is 12.2 Å². The zero-order valence-electron chi connectivity index (χ0n) is 8.83. The van der Waals surface area contributed by atoms with E-state index in [2.05, 4.69) is 0 Å². The first-order valence-corrected chi connectivity index (χ1v) is 5.12. The van der Waals surface area contributed by atoms with Crippen molar-refractivity contribution < 1.29 is 27.8 Å². The Morgan fingerprint density at radius 2 is 1.94 bits per heavy atom. The van der Waals surface area contributed by atoms with Gasteiger partial charge in [0.2, 0.25) is 0 Å². The number of hydrogen-bond acceptors (Lipinski definition) is 3. The van der Waals surface area contributed by atoms with Gasteiger partial charge in [-0.15, -0.1) is 0 Å². The third kappa shape index (κ3) is 2.43. The van der Waals surface area contributed by atoms with E-state index < -0.39 is 29.7 Å². The van der Waals surface area contributed by atoms with Crippen molar-refractivity contribution in [1.82, 2.24) is 0 Å². The third-order valence-electron chi connectivity index (χ3n) is 2.58. The van der Waals surface area contributed by atoms with Gasteiger partial charge in [0, 0.05) is 5.56 Å². The molecule has 2 unspecified atom stereocenters. The van der Waals surface area contributed by atoms with Gasteiger partial charge in [-0.3, -0.25) is 0 Å². The maximum atomic E-state index is 13.4. The molecule has 1 N–H and O–H groups in total. The monoisotopic (exact) mass is 248 g/mol. The van der Waals surface area contributed by atoms with Crippen molar-refractivity contribution in [1.29, 1.82) is 0 Å². The van der Waals surface area contributed by atoms with Gasteiger partial charge in [0.15, 0.2) is 17.5 Å². The van der Waals surface area contributed by atoms with E-state index in [9.17, 15) is 18.3 Å². The number of aliphatic hydroxyl groups excluding tert-OH is 1. The molecule has 0 saturated carbocycles. The second-order valence-corrected chi connectivity index (χ2v) is 3.69. The van der Waals surface area contributed by atoms with Gasteiger partial charge in [-0.05, 0) is 6.07 Å². The average molecular weight is 248 g/mol. The lowest BCUT2D eigenvalue weighted by atomic mass is 10.0. The number of ether oxygens (including phenoxy) is 2. The second kappa shape index (κ2) is 5.03. The van der Waals surface area contributed by atoms with Crippen LogP contribution in [0, 0.1) is 17.5 Å². The zero-order chi connectivity index (χ0) is 12.4. The standard InChI is InChI=1S/C11H11F3O3/c12-7-2-1-6(9(13)10(7)14)11(15)8-5-16-3-4-17-8/h1-2,8,11,15H,3-5H2. The summed E-state index contributed by atoms with van der Waals surface area (Å²) in [6.07, 6.45) is -2.16. The Bertz CT molecular complexity index is 405. The molecule has 1 fully saturated rings. The maximum absolute atomic E-state index is 13.4. The van der Waals surface area contributed by atoms with Crippen molar-refractivity contribution in [3.05, 3.63) is 35.1 Å². The highest BCUT2D eigenvalue weighted by atomic mass is 19.2. The van der Waals surface area contributed by atoms with E-state index in [1.54, 1.807) is 0 Å². The van der Waals surface area contributed by atoms with Crippen LogP contribution in [0.15, 0.2) is 12.1 Å². The Balaban J connectivity index is 2.24. The van der Waals surface area contributed by atoms with Crippen LogP contribution in [0.5, 0.6) is 0 Å². The van der Waals surface area contributed by atoms with E-state index >= 15 is 0 Å². The van der Waals surface area contributed by atoms with Crippen LogP contribution in [0.1, 0.15) is 11.7 Å². The summed E-state index contributed by atoms with van der Waals surface area (Å²) in [5.41, 5.74) is -0.334. The van der Waals surface area contributed by atoms with Gasteiger partial charge < -0.3 is 14.6 Å². The summed E-state index contributed by atoms with van der Waals surface area (Å²) in [6.45, 7) is 0.746. The van der Waals surface area contributed by atoms with E-state index in [1.165, 1.54) is 0 Å². The van der Waals surface area contributed by atoms with Gasteiger partial charge in [-0.25, -0.2) is 13.2 Å². The van der Waals surface area contributed by atoms with Crippen molar-refractivity contribution in [2.75, 3.05) is 19.8 Å². The van der Waals surface area contributed by atoms with Crippen molar-refractivity contribution >= 4 is 0 Å². The highest BCUT2D eigenvalue weighted by molar-refractivity contribution is 5.23. The van der Waals surface area contributed by atoms with Crippen LogP contribution in [0.2, 0.25) is 0 Å². The quantitative estimate of drug-likeness (QED) is 0.807. The molecule has 3 nitrogen and oxygen atoms in total.